The number of fused-ring (bicyclic) bond motifs is 2. The van der Waals surface area contributed by atoms with E-state index in [1.165, 1.54) is 42.8 Å². The fourth-order valence-electron chi connectivity index (χ4n) is 4.15. The van der Waals surface area contributed by atoms with Gasteiger partial charge in [-0.05, 0) is 72.5 Å². The Bertz CT molecular complexity index is 1680. The van der Waals surface area contributed by atoms with E-state index in [1.807, 2.05) is 0 Å². The summed E-state index contributed by atoms with van der Waals surface area (Å²) in [6, 6.07) is 30.0. The van der Waals surface area contributed by atoms with Gasteiger partial charge in [0.25, 0.3) is 0 Å². The molecule has 0 N–H and O–H groups in total. The number of benzene rings is 4. The average molecular weight is 527 g/mol. The van der Waals surface area contributed by atoms with Gasteiger partial charge in [-0.1, -0.05) is 96.1 Å². The van der Waals surface area contributed by atoms with E-state index in [2.05, 4.69) is 135 Å². The predicted molar refractivity (Wildman–Crippen MR) is 168 cm³/mol. The fraction of sp³-hybridized carbons (Fsp3) is 0.0588. The van der Waals surface area contributed by atoms with E-state index in [9.17, 15) is 0 Å². The van der Waals surface area contributed by atoms with E-state index in [0.29, 0.717) is 0 Å². The summed E-state index contributed by atoms with van der Waals surface area (Å²) in [6.07, 6.45) is 12.8. The van der Waals surface area contributed by atoms with Crippen LogP contribution in [0.4, 0.5) is 0 Å². The molecule has 0 aliphatic carbocycles. The SMILES string of the molecule is Cc1ccc(/C=C/c2ccc3nc(/C=C/c4nc5ccc(/C=C/c6ccc(C)cc6)cc5s4)sc3c2)cc1. The van der Waals surface area contributed by atoms with Crippen LogP contribution in [0.5, 0.6) is 0 Å². The van der Waals surface area contributed by atoms with Crippen LogP contribution in [-0.2, 0) is 0 Å². The first-order valence-electron chi connectivity index (χ1n) is 12.6. The van der Waals surface area contributed by atoms with Crippen molar-refractivity contribution >= 4 is 79.6 Å². The third kappa shape index (κ3) is 5.72. The summed E-state index contributed by atoms with van der Waals surface area (Å²) in [4.78, 5) is 9.60. The predicted octanol–water partition coefficient (Wildman–Crippen LogP) is 10.0. The highest BCUT2D eigenvalue weighted by Crippen LogP contribution is 2.28. The van der Waals surface area contributed by atoms with E-state index < -0.39 is 0 Å². The summed E-state index contributed by atoms with van der Waals surface area (Å²) in [6.45, 7) is 4.21. The van der Waals surface area contributed by atoms with E-state index >= 15 is 0 Å². The molecule has 0 bridgehead atoms. The van der Waals surface area contributed by atoms with Crippen molar-refractivity contribution in [1.29, 1.82) is 0 Å². The van der Waals surface area contributed by atoms with Crippen LogP contribution in [0, 0.1) is 13.8 Å². The molecular formula is C34H26N2S2. The van der Waals surface area contributed by atoms with Crippen LogP contribution in [-0.4, -0.2) is 9.97 Å². The molecule has 0 aliphatic rings. The second-order valence-corrected chi connectivity index (χ2v) is 11.5. The third-order valence-corrected chi connectivity index (χ3v) is 8.28. The van der Waals surface area contributed by atoms with Crippen LogP contribution < -0.4 is 0 Å². The molecule has 6 rings (SSSR count). The number of aryl methyl sites for hydroxylation is 2. The average Bonchev–Trinajstić information content (AvgIpc) is 3.54. The monoisotopic (exact) mass is 526 g/mol. The van der Waals surface area contributed by atoms with Gasteiger partial charge in [-0.3, -0.25) is 0 Å². The summed E-state index contributed by atoms with van der Waals surface area (Å²) < 4.78 is 2.37. The number of hydrogen-bond donors (Lipinski definition) is 0. The van der Waals surface area contributed by atoms with Gasteiger partial charge < -0.3 is 0 Å². The number of nitrogens with zero attached hydrogens (tertiary/aromatic N) is 2. The molecule has 0 aliphatic heterocycles. The molecule has 2 heterocycles. The summed E-state index contributed by atoms with van der Waals surface area (Å²) >= 11 is 3.41. The van der Waals surface area contributed by atoms with Crippen LogP contribution in [0.15, 0.2) is 84.9 Å². The zero-order chi connectivity index (χ0) is 25.9. The Hall–Kier alpha value is -4.12. The van der Waals surface area contributed by atoms with Crippen molar-refractivity contribution in [3.63, 3.8) is 0 Å². The molecule has 184 valence electrons. The maximum atomic E-state index is 4.80. The van der Waals surface area contributed by atoms with Gasteiger partial charge in [-0.25, -0.2) is 9.97 Å². The largest absolute Gasteiger partial charge is 0.237 e. The number of hydrogen-bond acceptors (Lipinski definition) is 4. The molecule has 0 saturated heterocycles. The van der Waals surface area contributed by atoms with Crippen LogP contribution in [0.25, 0.3) is 56.9 Å². The standard InChI is InChI=1S/C34H26N2S2/c1-23-3-7-25(8-4-23)11-13-27-15-17-29-31(21-27)37-33(35-29)19-20-34-36-30-18-16-28(22-32(30)38-34)14-12-26-9-5-24(2)6-10-26/h3-22H,1-2H3/b13-11+,14-12+,20-19+. The summed E-state index contributed by atoms with van der Waals surface area (Å²) in [5, 5.41) is 1.97. The third-order valence-electron chi connectivity index (χ3n) is 6.32. The molecule has 0 spiro atoms. The Morgan fingerprint density at radius 3 is 1.24 bits per heavy atom. The smallest absolute Gasteiger partial charge is 0.117 e. The van der Waals surface area contributed by atoms with Gasteiger partial charge in [0.2, 0.25) is 0 Å². The van der Waals surface area contributed by atoms with E-state index in [0.717, 1.165) is 21.0 Å². The highest BCUT2D eigenvalue weighted by Gasteiger charge is 2.05. The first-order chi connectivity index (χ1) is 18.6. The molecule has 0 radical (unpaired) electrons. The topological polar surface area (TPSA) is 25.8 Å². The molecule has 2 nitrogen and oxygen atoms in total. The van der Waals surface area contributed by atoms with Crippen LogP contribution in [0.3, 0.4) is 0 Å². The zero-order valence-corrected chi connectivity index (χ0v) is 22.9. The maximum Gasteiger partial charge on any atom is 0.117 e. The molecule has 0 amide bonds. The van der Waals surface area contributed by atoms with Gasteiger partial charge >= 0.3 is 0 Å². The Morgan fingerprint density at radius 1 is 0.447 bits per heavy atom. The Balaban J connectivity index is 1.17. The lowest BCUT2D eigenvalue weighted by atomic mass is 10.1. The van der Waals surface area contributed by atoms with Crippen molar-refractivity contribution in [3.8, 4) is 0 Å². The summed E-state index contributed by atoms with van der Waals surface area (Å²) in [7, 11) is 0. The van der Waals surface area contributed by atoms with E-state index in [1.54, 1.807) is 22.7 Å². The molecule has 6 aromatic rings. The first-order valence-corrected chi connectivity index (χ1v) is 14.2. The van der Waals surface area contributed by atoms with Crippen molar-refractivity contribution in [2.75, 3.05) is 0 Å². The highest BCUT2D eigenvalue weighted by molar-refractivity contribution is 7.20. The van der Waals surface area contributed by atoms with Gasteiger partial charge in [0.15, 0.2) is 0 Å². The molecule has 0 saturated carbocycles. The lowest BCUT2D eigenvalue weighted by Crippen LogP contribution is -1.75. The molecule has 4 heteroatoms. The molecule has 0 unspecified atom stereocenters. The number of thiazole rings is 2. The van der Waals surface area contributed by atoms with Crippen molar-refractivity contribution < 1.29 is 0 Å². The van der Waals surface area contributed by atoms with Crippen LogP contribution in [0.1, 0.15) is 43.4 Å². The summed E-state index contributed by atoms with van der Waals surface area (Å²) in [5.41, 5.74) is 9.35. The number of rotatable bonds is 6. The van der Waals surface area contributed by atoms with Crippen molar-refractivity contribution in [2.24, 2.45) is 0 Å². The molecule has 0 fully saturated rings. The Labute approximate surface area is 231 Å². The van der Waals surface area contributed by atoms with Gasteiger partial charge in [-0.2, -0.15) is 0 Å². The Morgan fingerprint density at radius 2 is 0.816 bits per heavy atom. The van der Waals surface area contributed by atoms with Crippen molar-refractivity contribution in [1.82, 2.24) is 9.97 Å². The normalized spacial score (nSPS) is 12.2. The Kier molecular flexibility index (Phi) is 6.82. The molecular weight excluding hydrogens is 501 g/mol. The highest BCUT2D eigenvalue weighted by atomic mass is 32.1. The van der Waals surface area contributed by atoms with Gasteiger partial charge in [0, 0.05) is 0 Å². The second kappa shape index (κ2) is 10.7. The summed E-state index contributed by atoms with van der Waals surface area (Å²) in [5.74, 6) is 0. The quantitative estimate of drug-likeness (QED) is 0.202. The lowest BCUT2D eigenvalue weighted by molar-refractivity contribution is 1.45. The van der Waals surface area contributed by atoms with Gasteiger partial charge in [-0.15, -0.1) is 22.7 Å². The van der Waals surface area contributed by atoms with E-state index in [4.69, 9.17) is 9.97 Å². The first kappa shape index (κ1) is 24.2. The molecule has 0 atom stereocenters. The van der Waals surface area contributed by atoms with Crippen LogP contribution >= 0.6 is 22.7 Å². The van der Waals surface area contributed by atoms with E-state index in [-0.39, 0.29) is 0 Å². The van der Waals surface area contributed by atoms with Gasteiger partial charge in [0.05, 0.1) is 20.4 Å². The molecule has 38 heavy (non-hydrogen) atoms. The van der Waals surface area contributed by atoms with Crippen molar-refractivity contribution in [2.45, 2.75) is 13.8 Å². The minimum absolute atomic E-state index is 0.987. The molecule has 2 aromatic heterocycles. The number of aromatic nitrogens is 2. The minimum Gasteiger partial charge on any atom is -0.237 e. The molecule has 4 aromatic carbocycles. The van der Waals surface area contributed by atoms with Crippen molar-refractivity contribution in [3.05, 3.63) is 128 Å². The van der Waals surface area contributed by atoms with Gasteiger partial charge in [0.1, 0.15) is 10.0 Å². The minimum atomic E-state index is 0.987. The fourth-order valence-corrected chi connectivity index (χ4v) is 5.99. The maximum absolute atomic E-state index is 4.80. The lowest BCUT2D eigenvalue weighted by Gasteiger charge is -1.96. The second-order valence-electron chi connectivity index (χ2n) is 9.38. The zero-order valence-electron chi connectivity index (χ0n) is 21.3. The van der Waals surface area contributed by atoms with Crippen LogP contribution in [0.2, 0.25) is 0 Å².